The van der Waals surface area contributed by atoms with Crippen molar-refractivity contribution < 1.29 is 4.74 Å². The summed E-state index contributed by atoms with van der Waals surface area (Å²) >= 11 is 0. The highest BCUT2D eigenvalue weighted by atomic mass is 16.5. The van der Waals surface area contributed by atoms with Gasteiger partial charge in [-0.05, 0) is 37.6 Å². The van der Waals surface area contributed by atoms with E-state index >= 15 is 0 Å². The zero-order chi connectivity index (χ0) is 18.1. The van der Waals surface area contributed by atoms with Gasteiger partial charge >= 0.3 is 0 Å². The van der Waals surface area contributed by atoms with Crippen LogP contribution in [0.15, 0.2) is 48.9 Å². The zero-order valence-corrected chi connectivity index (χ0v) is 15.3. The maximum Gasteiger partial charge on any atom is 0.143 e. The van der Waals surface area contributed by atoms with E-state index < -0.39 is 0 Å². The highest BCUT2D eigenvalue weighted by Crippen LogP contribution is 2.33. The Morgan fingerprint density at radius 2 is 1.88 bits per heavy atom. The fourth-order valence-corrected chi connectivity index (χ4v) is 3.27. The van der Waals surface area contributed by atoms with Crippen LogP contribution >= 0.6 is 0 Å². The van der Waals surface area contributed by atoms with Crippen molar-refractivity contribution >= 4 is 22.1 Å². The summed E-state index contributed by atoms with van der Waals surface area (Å²) in [5, 5.41) is 0. The van der Waals surface area contributed by atoms with Crippen molar-refractivity contribution in [2.45, 2.75) is 33.1 Å². The molecule has 132 valence electrons. The van der Waals surface area contributed by atoms with Crippen LogP contribution in [-0.4, -0.2) is 26.1 Å². The molecule has 1 unspecified atom stereocenters. The Hall–Kier alpha value is -2.95. The number of ether oxygens (including phenoxy) is 1. The van der Waals surface area contributed by atoms with Gasteiger partial charge in [0.25, 0.3) is 0 Å². The van der Waals surface area contributed by atoms with Gasteiger partial charge in [-0.15, -0.1) is 0 Å². The molecule has 0 amide bonds. The third-order valence-electron chi connectivity index (χ3n) is 4.77. The van der Waals surface area contributed by atoms with Crippen LogP contribution in [0, 0.1) is 0 Å². The Morgan fingerprint density at radius 1 is 1.04 bits per heavy atom. The Morgan fingerprint density at radius 3 is 2.69 bits per heavy atom. The molecule has 1 atom stereocenters. The topological polar surface area (TPSA) is 52.8 Å². The average molecular weight is 346 g/mol. The fraction of sp³-hybridized carbons (Fsp3) is 0.286. The Labute approximate surface area is 152 Å². The van der Waals surface area contributed by atoms with Crippen molar-refractivity contribution in [1.29, 1.82) is 0 Å². The van der Waals surface area contributed by atoms with Crippen LogP contribution in [0.1, 0.15) is 38.8 Å². The first-order valence-electron chi connectivity index (χ1n) is 9.08. The molecule has 0 saturated carbocycles. The van der Waals surface area contributed by atoms with Gasteiger partial charge in [-0.1, -0.05) is 26.0 Å². The molecule has 3 heterocycles. The Bertz CT molecular complexity index is 1070. The summed E-state index contributed by atoms with van der Waals surface area (Å²) in [5.41, 5.74) is 5.64. The van der Waals surface area contributed by atoms with Gasteiger partial charge in [0.15, 0.2) is 0 Å². The molecule has 0 N–H and O–H groups in total. The number of rotatable bonds is 5. The van der Waals surface area contributed by atoms with Gasteiger partial charge in [-0.2, -0.15) is 0 Å². The van der Waals surface area contributed by atoms with E-state index in [1.165, 1.54) is 0 Å². The third kappa shape index (κ3) is 2.60. The quantitative estimate of drug-likeness (QED) is 0.517. The molecule has 1 aromatic carbocycles. The minimum absolute atomic E-state index is 0.326. The minimum Gasteiger partial charge on any atom is -0.492 e. The predicted molar refractivity (Wildman–Crippen MR) is 104 cm³/mol. The van der Waals surface area contributed by atoms with Crippen molar-refractivity contribution in [3.05, 3.63) is 54.6 Å². The molecule has 0 aliphatic carbocycles. The number of benzene rings is 1. The number of hydrogen-bond donors (Lipinski definition) is 0. The normalized spacial score (nSPS) is 12.6. The van der Waals surface area contributed by atoms with Crippen molar-refractivity contribution in [2.75, 3.05) is 6.61 Å². The molecule has 4 aromatic rings. The van der Waals surface area contributed by atoms with E-state index in [2.05, 4.69) is 23.4 Å². The summed E-state index contributed by atoms with van der Waals surface area (Å²) in [6, 6.07) is 12.0. The number of imidazole rings is 1. The smallest absolute Gasteiger partial charge is 0.143 e. The molecular formula is C21H22N4O. The van der Waals surface area contributed by atoms with Gasteiger partial charge in [0, 0.05) is 12.1 Å². The molecule has 0 saturated heterocycles. The van der Waals surface area contributed by atoms with E-state index in [4.69, 9.17) is 14.7 Å². The number of hydrogen-bond acceptors (Lipinski definition) is 4. The van der Waals surface area contributed by atoms with Crippen LogP contribution in [0.3, 0.4) is 0 Å². The van der Waals surface area contributed by atoms with Crippen molar-refractivity contribution in [1.82, 2.24) is 19.5 Å². The molecule has 0 bridgehead atoms. The summed E-state index contributed by atoms with van der Waals surface area (Å²) in [7, 11) is 0. The van der Waals surface area contributed by atoms with Crippen LogP contribution in [0.5, 0.6) is 5.75 Å². The van der Waals surface area contributed by atoms with E-state index in [0.717, 1.165) is 45.6 Å². The largest absolute Gasteiger partial charge is 0.492 e. The molecule has 0 radical (unpaired) electrons. The van der Waals surface area contributed by atoms with Gasteiger partial charge in [-0.3, -0.25) is 9.55 Å². The van der Waals surface area contributed by atoms with E-state index in [1.807, 2.05) is 49.6 Å². The molecule has 3 aromatic heterocycles. The fourth-order valence-electron chi connectivity index (χ4n) is 3.27. The lowest BCUT2D eigenvalue weighted by atomic mass is 10.0. The van der Waals surface area contributed by atoms with Gasteiger partial charge < -0.3 is 4.74 Å². The van der Waals surface area contributed by atoms with Crippen LogP contribution < -0.4 is 4.74 Å². The molecule has 5 heteroatoms. The first kappa shape index (κ1) is 16.5. The molecular weight excluding hydrogens is 324 g/mol. The molecule has 4 rings (SSSR count). The number of aromatic nitrogens is 4. The van der Waals surface area contributed by atoms with Gasteiger partial charge in [-0.25, -0.2) is 9.97 Å². The monoisotopic (exact) mass is 346 g/mol. The summed E-state index contributed by atoms with van der Waals surface area (Å²) in [4.78, 5) is 14.2. The number of para-hydroxylation sites is 2. The predicted octanol–water partition coefficient (Wildman–Crippen LogP) is 4.88. The first-order chi connectivity index (χ1) is 12.7. The average Bonchev–Trinajstić information content (AvgIpc) is 3.12. The van der Waals surface area contributed by atoms with Crippen LogP contribution in [-0.2, 0) is 0 Å². The second-order valence-corrected chi connectivity index (χ2v) is 6.39. The number of pyridine rings is 2. The summed E-state index contributed by atoms with van der Waals surface area (Å²) in [6.45, 7) is 6.97. The molecule has 5 nitrogen and oxygen atoms in total. The highest BCUT2D eigenvalue weighted by Gasteiger charge is 2.19. The van der Waals surface area contributed by atoms with Crippen LogP contribution in [0.2, 0.25) is 0 Å². The molecule has 0 fully saturated rings. The van der Waals surface area contributed by atoms with Crippen LogP contribution in [0.4, 0.5) is 0 Å². The Kier molecular flexibility index (Phi) is 4.29. The zero-order valence-electron chi connectivity index (χ0n) is 15.3. The van der Waals surface area contributed by atoms with Crippen molar-refractivity contribution in [3.63, 3.8) is 0 Å². The minimum atomic E-state index is 0.326. The maximum absolute atomic E-state index is 5.84. The second kappa shape index (κ2) is 6.75. The van der Waals surface area contributed by atoms with E-state index in [0.29, 0.717) is 12.5 Å². The standard InChI is InChI=1S/C21H22N4O/c1-4-14(3)18-20-21(19-15(24-18)9-8-12-22-19)25(13-23-20)16-10-6-7-11-17(16)26-5-2/h6-14H,4-5H2,1-3H3. The van der Waals surface area contributed by atoms with Crippen LogP contribution in [0.25, 0.3) is 27.8 Å². The first-order valence-corrected chi connectivity index (χ1v) is 9.08. The van der Waals surface area contributed by atoms with Gasteiger partial charge in [0.2, 0.25) is 0 Å². The maximum atomic E-state index is 5.84. The highest BCUT2D eigenvalue weighted by molar-refractivity contribution is 6.01. The summed E-state index contributed by atoms with van der Waals surface area (Å²) < 4.78 is 7.91. The Balaban J connectivity index is 2.08. The van der Waals surface area contributed by atoms with Gasteiger partial charge in [0.1, 0.15) is 28.6 Å². The molecule has 0 spiro atoms. The number of nitrogens with zero attached hydrogens (tertiary/aromatic N) is 4. The molecule has 26 heavy (non-hydrogen) atoms. The lowest BCUT2D eigenvalue weighted by molar-refractivity contribution is 0.339. The van der Waals surface area contributed by atoms with E-state index in [1.54, 1.807) is 6.20 Å². The summed E-state index contributed by atoms with van der Waals surface area (Å²) in [6.07, 6.45) is 4.67. The van der Waals surface area contributed by atoms with E-state index in [-0.39, 0.29) is 0 Å². The number of fused-ring (bicyclic) bond motifs is 3. The lowest BCUT2D eigenvalue weighted by Crippen LogP contribution is -2.02. The van der Waals surface area contributed by atoms with E-state index in [9.17, 15) is 0 Å². The van der Waals surface area contributed by atoms with Gasteiger partial charge in [0.05, 0.1) is 23.5 Å². The SMILES string of the molecule is CCOc1ccccc1-n1cnc2c(C(C)CC)nc3cccnc3c21. The third-order valence-corrected chi connectivity index (χ3v) is 4.77. The lowest BCUT2D eigenvalue weighted by Gasteiger charge is -2.14. The molecule has 0 aliphatic rings. The van der Waals surface area contributed by atoms with Crippen molar-refractivity contribution in [2.24, 2.45) is 0 Å². The second-order valence-electron chi connectivity index (χ2n) is 6.39. The summed E-state index contributed by atoms with van der Waals surface area (Å²) in [5.74, 6) is 1.16. The van der Waals surface area contributed by atoms with Crippen molar-refractivity contribution in [3.8, 4) is 11.4 Å². The molecule has 0 aliphatic heterocycles.